The number of hydrogen-bond donors (Lipinski definition) is 3. The molecule has 1 saturated heterocycles. The standard InChI is InChI=1S/C29H30N6O2/c1-18(22-8-12-30-28-23(22)9-13-31-28)37-21-3-4-25-24(14-21)27(34-33-25)19-2-5-26(32-15-19)35-16-29(17-35)10-6-20(36)7-11-29/h2-5,8-9,12-15,18,20,36H,6-7,10-11,16-17H2,1H3,(H,30,31)(H,33,34). The Morgan fingerprint density at radius 3 is 2.73 bits per heavy atom. The van der Waals surface area contributed by atoms with Gasteiger partial charge in [-0.3, -0.25) is 5.10 Å². The number of aromatic nitrogens is 5. The van der Waals surface area contributed by atoms with Crippen LogP contribution in [0.1, 0.15) is 44.3 Å². The van der Waals surface area contributed by atoms with Gasteiger partial charge in [0.25, 0.3) is 0 Å². The lowest BCUT2D eigenvalue weighted by Gasteiger charge is -2.53. The molecular weight excluding hydrogens is 464 g/mol. The smallest absolute Gasteiger partial charge is 0.137 e. The lowest BCUT2D eigenvalue weighted by atomic mass is 9.68. The molecule has 1 spiro atoms. The van der Waals surface area contributed by atoms with Crippen molar-refractivity contribution in [3.63, 3.8) is 0 Å². The molecular formula is C29H30N6O2. The van der Waals surface area contributed by atoms with E-state index in [9.17, 15) is 5.11 Å². The van der Waals surface area contributed by atoms with Crippen LogP contribution in [0.5, 0.6) is 5.75 Å². The number of pyridine rings is 2. The molecule has 1 aromatic carbocycles. The summed E-state index contributed by atoms with van der Waals surface area (Å²) in [5.74, 6) is 1.79. The first kappa shape index (κ1) is 22.3. The average Bonchev–Trinajstić information content (AvgIpc) is 3.55. The number of hydrogen-bond acceptors (Lipinski definition) is 6. The van der Waals surface area contributed by atoms with Crippen LogP contribution < -0.4 is 9.64 Å². The minimum absolute atomic E-state index is 0.110. The van der Waals surface area contributed by atoms with Crippen LogP contribution in [0.3, 0.4) is 0 Å². The van der Waals surface area contributed by atoms with Gasteiger partial charge < -0.3 is 19.7 Å². The Hall–Kier alpha value is -3.91. The van der Waals surface area contributed by atoms with E-state index in [2.05, 4.69) is 44.1 Å². The highest BCUT2D eigenvalue weighted by Crippen LogP contribution is 2.45. The van der Waals surface area contributed by atoms with E-state index in [-0.39, 0.29) is 12.2 Å². The van der Waals surface area contributed by atoms with Crippen molar-refractivity contribution >= 4 is 27.8 Å². The molecule has 0 bridgehead atoms. The van der Waals surface area contributed by atoms with Gasteiger partial charge in [0.1, 0.15) is 29.0 Å². The van der Waals surface area contributed by atoms with Crippen LogP contribution in [0.25, 0.3) is 33.2 Å². The molecule has 3 N–H and O–H groups in total. The number of benzene rings is 1. The molecule has 2 aliphatic rings. The van der Waals surface area contributed by atoms with E-state index in [1.165, 1.54) is 0 Å². The molecule has 1 aliphatic carbocycles. The van der Waals surface area contributed by atoms with Crippen LogP contribution in [-0.4, -0.2) is 49.4 Å². The molecule has 0 amide bonds. The van der Waals surface area contributed by atoms with E-state index in [0.29, 0.717) is 5.41 Å². The van der Waals surface area contributed by atoms with E-state index < -0.39 is 0 Å². The SMILES string of the molecule is CC(Oc1ccc2[nH]nc(-c3ccc(N4CC5(CCC(O)CC5)C4)nc3)c2c1)c1ccnc2[nH]ccc12. The summed E-state index contributed by atoms with van der Waals surface area (Å²) >= 11 is 0. The number of nitrogens with zero attached hydrogens (tertiary/aromatic N) is 4. The van der Waals surface area contributed by atoms with Crippen molar-refractivity contribution in [2.24, 2.45) is 5.41 Å². The van der Waals surface area contributed by atoms with Crippen molar-refractivity contribution in [3.05, 3.63) is 66.6 Å². The summed E-state index contributed by atoms with van der Waals surface area (Å²) in [6.45, 7) is 4.12. The third-order valence-electron chi connectivity index (χ3n) is 8.19. The number of anilines is 1. The van der Waals surface area contributed by atoms with Gasteiger partial charge in [-0.05, 0) is 75.1 Å². The fourth-order valence-electron chi connectivity index (χ4n) is 6.06. The van der Waals surface area contributed by atoms with E-state index in [1.807, 2.05) is 48.9 Å². The van der Waals surface area contributed by atoms with Gasteiger partial charge in [0.15, 0.2) is 0 Å². The molecule has 5 heterocycles. The highest BCUT2D eigenvalue weighted by Gasteiger charge is 2.45. The lowest BCUT2D eigenvalue weighted by Crippen LogP contribution is -2.58. The van der Waals surface area contributed by atoms with E-state index in [0.717, 1.165) is 89.1 Å². The molecule has 1 atom stereocenters. The minimum Gasteiger partial charge on any atom is -0.486 e. The maximum atomic E-state index is 9.84. The third kappa shape index (κ3) is 3.92. The Balaban J connectivity index is 1.10. The van der Waals surface area contributed by atoms with Gasteiger partial charge in [0.05, 0.1) is 11.6 Å². The van der Waals surface area contributed by atoms with Crippen LogP contribution >= 0.6 is 0 Å². The Kier molecular flexibility index (Phi) is 5.18. The molecule has 5 aromatic rings. The molecule has 4 aromatic heterocycles. The van der Waals surface area contributed by atoms with E-state index >= 15 is 0 Å². The quantitative estimate of drug-likeness (QED) is 0.303. The van der Waals surface area contributed by atoms with Crippen LogP contribution in [0.4, 0.5) is 5.82 Å². The summed E-state index contributed by atoms with van der Waals surface area (Å²) < 4.78 is 6.36. The van der Waals surface area contributed by atoms with Crippen molar-refractivity contribution in [2.45, 2.75) is 44.8 Å². The Morgan fingerprint density at radius 2 is 1.92 bits per heavy atom. The second-order valence-electron chi connectivity index (χ2n) is 10.7. The molecule has 8 nitrogen and oxygen atoms in total. The second-order valence-corrected chi connectivity index (χ2v) is 10.7. The van der Waals surface area contributed by atoms with Crippen LogP contribution in [0.2, 0.25) is 0 Å². The molecule has 188 valence electrons. The number of H-pyrrole nitrogens is 2. The number of nitrogens with one attached hydrogen (secondary N) is 2. The topological polar surface area (TPSA) is 103 Å². The Bertz CT molecular complexity index is 1560. The van der Waals surface area contributed by atoms with Crippen molar-refractivity contribution in [1.29, 1.82) is 0 Å². The molecule has 7 rings (SSSR count). The third-order valence-corrected chi connectivity index (χ3v) is 8.19. The maximum absolute atomic E-state index is 9.84. The summed E-state index contributed by atoms with van der Waals surface area (Å²) in [5.41, 5.74) is 5.12. The van der Waals surface area contributed by atoms with Gasteiger partial charge in [-0.15, -0.1) is 0 Å². The van der Waals surface area contributed by atoms with Gasteiger partial charge in [-0.2, -0.15) is 5.10 Å². The molecule has 8 heteroatoms. The van der Waals surface area contributed by atoms with Gasteiger partial charge >= 0.3 is 0 Å². The summed E-state index contributed by atoms with van der Waals surface area (Å²) in [6.07, 6.45) is 9.45. The van der Waals surface area contributed by atoms with E-state index in [1.54, 1.807) is 0 Å². The van der Waals surface area contributed by atoms with Crippen LogP contribution in [0.15, 0.2) is 61.1 Å². The number of aliphatic hydroxyl groups excluding tert-OH is 1. The molecule has 2 fully saturated rings. The number of ether oxygens (including phenoxy) is 1. The average molecular weight is 495 g/mol. The predicted molar refractivity (Wildman–Crippen MR) is 144 cm³/mol. The Morgan fingerprint density at radius 1 is 1.05 bits per heavy atom. The van der Waals surface area contributed by atoms with Gasteiger partial charge in [-0.25, -0.2) is 9.97 Å². The second kappa shape index (κ2) is 8.59. The molecule has 1 unspecified atom stereocenters. The fraction of sp³-hybridized carbons (Fsp3) is 0.345. The first-order chi connectivity index (χ1) is 18.1. The van der Waals surface area contributed by atoms with Crippen molar-refractivity contribution in [3.8, 4) is 17.0 Å². The number of fused-ring (bicyclic) bond motifs is 2. The summed E-state index contributed by atoms with van der Waals surface area (Å²) in [6, 6.07) is 14.3. The zero-order valence-electron chi connectivity index (χ0n) is 20.8. The normalized spacial score (nSPS) is 18.4. The summed E-state index contributed by atoms with van der Waals surface area (Å²) in [7, 11) is 0. The molecule has 1 aliphatic heterocycles. The minimum atomic E-state index is -0.137. The van der Waals surface area contributed by atoms with E-state index in [4.69, 9.17) is 9.72 Å². The first-order valence-corrected chi connectivity index (χ1v) is 13.0. The zero-order chi connectivity index (χ0) is 25.0. The number of aliphatic hydroxyl groups is 1. The zero-order valence-corrected chi connectivity index (χ0v) is 20.8. The molecule has 0 radical (unpaired) electrons. The Labute approximate surface area is 214 Å². The van der Waals surface area contributed by atoms with Gasteiger partial charge in [-0.1, -0.05) is 0 Å². The summed E-state index contributed by atoms with van der Waals surface area (Å²) in [5, 5.41) is 19.6. The first-order valence-electron chi connectivity index (χ1n) is 13.0. The maximum Gasteiger partial charge on any atom is 0.137 e. The fourth-order valence-corrected chi connectivity index (χ4v) is 6.06. The van der Waals surface area contributed by atoms with Gasteiger partial charge in [0.2, 0.25) is 0 Å². The van der Waals surface area contributed by atoms with Crippen molar-refractivity contribution in [1.82, 2.24) is 25.1 Å². The van der Waals surface area contributed by atoms with Gasteiger partial charge in [0, 0.05) is 59.0 Å². The highest BCUT2D eigenvalue weighted by atomic mass is 16.5. The largest absolute Gasteiger partial charge is 0.486 e. The molecule has 1 saturated carbocycles. The van der Waals surface area contributed by atoms with Crippen molar-refractivity contribution < 1.29 is 9.84 Å². The van der Waals surface area contributed by atoms with Crippen molar-refractivity contribution in [2.75, 3.05) is 18.0 Å². The monoisotopic (exact) mass is 494 g/mol. The predicted octanol–water partition coefficient (Wildman–Crippen LogP) is 5.38. The number of aromatic amines is 2. The van der Waals surface area contributed by atoms with Crippen LogP contribution in [-0.2, 0) is 0 Å². The number of rotatable bonds is 5. The highest BCUT2D eigenvalue weighted by molar-refractivity contribution is 5.93. The summed E-state index contributed by atoms with van der Waals surface area (Å²) in [4.78, 5) is 14.7. The molecule has 37 heavy (non-hydrogen) atoms. The lowest BCUT2D eigenvalue weighted by molar-refractivity contribution is 0.0450. The van der Waals surface area contributed by atoms with Crippen LogP contribution in [0, 0.1) is 5.41 Å².